The fourth-order valence-corrected chi connectivity index (χ4v) is 4.01. The van der Waals surface area contributed by atoms with Crippen molar-refractivity contribution >= 4 is 17.7 Å². The Morgan fingerprint density at radius 3 is 2.65 bits per heavy atom. The lowest BCUT2D eigenvalue weighted by molar-refractivity contribution is -0.132. The fourth-order valence-electron chi connectivity index (χ4n) is 3.31. The maximum atomic E-state index is 13.2. The maximum Gasteiger partial charge on any atom is 0.233 e. The summed E-state index contributed by atoms with van der Waals surface area (Å²) in [5.74, 6) is 0.985. The molecule has 0 spiro atoms. The van der Waals surface area contributed by atoms with E-state index in [2.05, 4.69) is 15.2 Å². The highest BCUT2D eigenvalue weighted by molar-refractivity contribution is 7.99. The zero-order chi connectivity index (χ0) is 18.4. The molecule has 1 saturated carbocycles. The number of aromatic amines is 1. The van der Waals surface area contributed by atoms with Crippen LogP contribution in [0, 0.1) is 5.82 Å². The van der Waals surface area contributed by atoms with Gasteiger partial charge in [-0.05, 0) is 30.5 Å². The normalized spacial score (nSPS) is 15.2. The summed E-state index contributed by atoms with van der Waals surface area (Å²) in [7, 11) is 0. The molecule has 0 bridgehead atoms. The van der Waals surface area contributed by atoms with Crippen molar-refractivity contribution in [3.05, 3.63) is 41.5 Å². The number of aryl methyl sites for hydroxylation is 1. The number of amides is 1. The SMILES string of the molecule is CCc1nc(SCC(=O)N(Cc2ccc(F)cc2)C2CCCCC2)n[nH]1. The van der Waals surface area contributed by atoms with Crippen LogP contribution in [0.25, 0.3) is 0 Å². The van der Waals surface area contributed by atoms with Crippen molar-refractivity contribution in [2.24, 2.45) is 0 Å². The number of thioether (sulfide) groups is 1. The molecule has 140 valence electrons. The molecule has 0 aliphatic heterocycles. The summed E-state index contributed by atoms with van der Waals surface area (Å²) in [6, 6.07) is 6.68. The molecule has 1 amide bonds. The Bertz CT molecular complexity index is 713. The first-order valence-electron chi connectivity index (χ1n) is 9.23. The lowest BCUT2D eigenvalue weighted by atomic mass is 9.94. The minimum atomic E-state index is -0.254. The van der Waals surface area contributed by atoms with Crippen LogP contribution in [0.3, 0.4) is 0 Å². The summed E-state index contributed by atoms with van der Waals surface area (Å²) in [5, 5.41) is 7.63. The Balaban J connectivity index is 1.66. The third-order valence-electron chi connectivity index (χ3n) is 4.77. The molecule has 0 atom stereocenters. The number of hydrogen-bond acceptors (Lipinski definition) is 4. The molecule has 1 N–H and O–H groups in total. The van der Waals surface area contributed by atoms with Gasteiger partial charge in [-0.25, -0.2) is 9.37 Å². The van der Waals surface area contributed by atoms with Crippen LogP contribution < -0.4 is 0 Å². The average Bonchev–Trinajstić information content (AvgIpc) is 3.14. The van der Waals surface area contributed by atoms with Crippen LogP contribution in [0.4, 0.5) is 4.39 Å². The Kier molecular flexibility index (Phi) is 6.66. The molecule has 0 unspecified atom stereocenters. The zero-order valence-electron chi connectivity index (χ0n) is 15.1. The van der Waals surface area contributed by atoms with Crippen molar-refractivity contribution < 1.29 is 9.18 Å². The highest BCUT2D eigenvalue weighted by Crippen LogP contribution is 2.25. The molecule has 1 aliphatic carbocycles. The molecule has 0 saturated heterocycles. The Hall–Kier alpha value is -1.89. The smallest absolute Gasteiger partial charge is 0.233 e. The second-order valence-corrected chi connectivity index (χ2v) is 7.59. The van der Waals surface area contributed by atoms with Gasteiger partial charge in [0.2, 0.25) is 11.1 Å². The van der Waals surface area contributed by atoms with Gasteiger partial charge in [0.1, 0.15) is 11.6 Å². The Labute approximate surface area is 157 Å². The zero-order valence-corrected chi connectivity index (χ0v) is 15.9. The van der Waals surface area contributed by atoms with E-state index in [1.165, 1.54) is 30.3 Å². The molecule has 1 aliphatic rings. The molecule has 0 radical (unpaired) electrons. The van der Waals surface area contributed by atoms with E-state index in [0.717, 1.165) is 43.5 Å². The second kappa shape index (κ2) is 9.16. The lowest BCUT2D eigenvalue weighted by Gasteiger charge is -2.34. The van der Waals surface area contributed by atoms with Gasteiger partial charge in [0.15, 0.2) is 0 Å². The van der Waals surface area contributed by atoms with E-state index in [4.69, 9.17) is 0 Å². The quantitative estimate of drug-likeness (QED) is 0.743. The minimum absolute atomic E-state index is 0.0917. The van der Waals surface area contributed by atoms with Crippen LogP contribution >= 0.6 is 11.8 Å². The van der Waals surface area contributed by atoms with Gasteiger partial charge in [0, 0.05) is 19.0 Å². The number of H-pyrrole nitrogens is 1. The van der Waals surface area contributed by atoms with Gasteiger partial charge >= 0.3 is 0 Å². The number of nitrogens with zero attached hydrogens (tertiary/aromatic N) is 3. The van der Waals surface area contributed by atoms with Gasteiger partial charge in [0.25, 0.3) is 0 Å². The first kappa shape index (κ1) is 18.9. The number of benzene rings is 1. The van der Waals surface area contributed by atoms with E-state index in [-0.39, 0.29) is 17.8 Å². The summed E-state index contributed by atoms with van der Waals surface area (Å²) < 4.78 is 13.2. The molecule has 5 nitrogen and oxygen atoms in total. The molecule has 26 heavy (non-hydrogen) atoms. The summed E-state index contributed by atoms with van der Waals surface area (Å²) in [4.78, 5) is 19.2. The van der Waals surface area contributed by atoms with E-state index >= 15 is 0 Å². The number of rotatable bonds is 7. The van der Waals surface area contributed by atoms with Gasteiger partial charge < -0.3 is 4.90 Å². The summed E-state index contributed by atoms with van der Waals surface area (Å²) in [6.07, 6.45) is 6.43. The predicted octanol–water partition coefficient (Wildman–Crippen LogP) is 3.96. The van der Waals surface area contributed by atoms with Crippen molar-refractivity contribution in [1.82, 2.24) is 20.1 Å². The van der Waals surface area contributed by atoms with Crippen molar-refractivity contribution in [3.8, 4) is 0 Å². The third kappa shape index (κ3) is 5.06. The van der Waals surface area contributed by atoms with E-state index in [1.54, 1.807) is 12.1 Å². The predicted molar refractivity (Wildman–Crippen MR) is 100 cm³/mol. The topological polar surface area (TPSA) is 61.9 Å². The minimum Gasteiger partial charge on any atom is -0.335 e. The van der Waals surface area contributed by atoms with Crippen LogP contribution in [0.2, 0.25) is 0 Å². The summed E-state index contributed by atoms with van der Waals surface area (Å²) in [5.41, 5.74) is 0.960. The van der Waals surface area contributed by atoms with Crippen LogP contribution in [0.5, 0.6) is 0 Å². The van der Waals surface area contributed by atoms with Crippen LogP contribution in [-0.4, -0.2) is 37.8 Å². The largest absolute Gasteiger partial charge is 0.335 e. The van der Waals surface area contributed by atoms with Gasteiger partial charge in [-0.1, -0.05) is 50.1 Å². The molecule has 1 aromatic carbocycles. The first-order valence-corrected chi connectivity index (χ1v) is 10.2. The Morgan fingerprint density at radius 2 is 2.00 bits per heavy atom. The van der Waals surface area contributed by atoms with Crippen molar-refractivity contribution in [3.63, 3.8) is 0 Å². The van der Waals surface area contributed by atoms with Gasteiger partial charge in [0.05, 0.1) is 5.75 Å². The Morgan fingerprint density at radius 1 is 1.27 bits per heavy atom. The molecule has 3 rings (SSSR count). The molecular weight excluding hydrogens is 351 g/mol. The molecular formula is C19H25FN4OS. The third-order valence-corrected chi connectivity index (χ3v) is 5.60. The highest BCUT2D eigenvalue weighted by atomic mass is 32.2. The summed E-state index contributed by atoms with van der Waals surface area (Å²) >= 11 is 1.37. The van der Waals surface area contributed by atoms with Crippen molar-refractivity contribution in [2.75, 3.05) is 5.75 Å². The van der Waals surface area contributed by atoms with Crippen LogP contribution in [0.15, 0.2) is 29.4 Å². The standard InChI is InChI=1S/C19H25FN4OS/c1-2-17-21-19(23-22-17)26-13-18(25)24(16-6-4-3-5-7-16)12-14-8-10-15(20)11-9-14/h8-11,16H,2-7,12-13H2,1H3,(H,21,22,23). The molecule has 7 heteroatoms. The summed E-state index contributed by atoms with van der Waals surface area (Å²) in [6.45, 7) is 2.53. The van der Waals surface area contributed by atoms with Crippen molar-refractivity contribution in [1.29, 1.82) is 0 Å². The van der Waals surface area contributed by atoms with Gasteiger partial charge in [-0.2, -0.15) is 0 Å². The number of halogens is 1. The van der Waals surface area contributed by atoms with E-state index in [0.29, 0.717) is 17.5 Å². The number of hydrogen-bond donors (Lipinski definition) is 1. The number of carbonyl (C=O) groups is 1. The van der Waals surface area contributed by atoms with Gasteiger partial charge in [-0.3, -0.25) is 9.89 Å². The molecule has 1 fully saturated rings. The molecule has 1 aromatic heterocycles. The monoisotopic (exact) mass is 376 g/mol. The van der Waals surface area contributed by atoms with Crippen molar-refractivity contribution in [2.45, 2.75) is 63.2 Å². The first-order chi connectivity index (χ1) is 12.7. The number of nitrogens with one attached hydrogen (secondary N) is 1. The maximum absolute atomic E-state index is 13.2. The number of aromatic nitrogens is 3. The van der Waals surface area contributed by atoms with E-state index in [1.807, 2.05) is 11.8 Å². The molecule has 2 aromatic rings. The van der Waals surface area contributed by atoms with E-state index < -0.39 is 0 Å². The molecule has 1 heterocycles. The highest BCUT2D eigenvalue weighted by Gasteiger charge is 2.26. The van der Waals surface area contributed by atoms with Gasteiger partial charge in [-0.15, -0.1) is 5.10 Å². The van der Waals surface area contributed by atoms with Crippen LogP contribution in [0.1, 0.15) is 50.4 Å². The van der Waals surface area contributed by atoms with E-state index in [9.17, 15) is 9.18 Å². The number of carbonyl (C=O) groups excluding carboxylic acids is 1. The lowest BCUT2D eigenvalue weighted by Crippen LogP contribution is -2.41. The second-order valence-electron chi connectivity index (χ2n) is 6.65. The average molecular weight is 377 g/mol. The fraction of sp³-hybridized carbons (Fsp3) is 0.526. The van der Waals surface area contributed by atoms with Crippen LogP contribution in [-0.2, 0) is 17.8 Å².